The molecule has 18 heavy (non-hydrogen) atoms. The van der Waals surface area contributed by atoms with Crippen LogP contribution in [-0.4, -0.2) is 19.3 Å². The maximum absolute atomic E-state index is 5.88. The van der Waals surface area contributed by atoms with Crippen molar-refractivity contribution in [2.24, 2.45) is 0 Å². The molecule has 2 heterocycles. The lowest BCUT2D eigenvalue weighted by Gasteiger charge is -2.27. The SMILES string of the molecule is CCCNC(CC1CCCCO1)c1sccc1Br. The van der Waals surface area contributed by atoms with E-state index in [1.165, 1.54) is 35.0 Å². The zero-order valence-corrected chi connectivity index (χ0v) is 13.4. The maximum Gasteiger partial charge on any atom is 0.0593 e. The van der Waals surface area contributed by atoms with Gasteiger partial charge >= 0.3 is 0 Å². The summed E-state index contributed by atoms with van der Waals surface area (Å²) in [7, 11) is 0. The Morgan fingerprint density at radius 2 is 2.44 bits per heavy atom. The predicted octanol–water partition coefficient (Wildman–Crippen LogP) is 4.51. The fraction of sp³-hybridized carbons (Fsp3) is 0.714. The number of nitrogens with one attached hydrogen (secondary N) is 1. The van der Waals surface area contributed by atoms with Crippen molar-refractivity contribution in [3.05, 3.63) is 20.8 Å². The zero-order chi connectivity index (χ0) is 12.8. The van der Waals surface area contributed by atoms with E-state index in [0.29, 0.717) is 12.1 Å². The van der Waals surface area contributed by atoms with E-state index in [1.807, 2.05) is 11.3 Å². The van der Waals surface area contributed by atoms with Crippen LogP contribution in [0, 0.1) is 0 Å². The van der Waals surface area contributed by atoms with Crippen molar-refractivity contribution in [3.63, 3.8) is 0 Å². The molecule has 0 amide bonds. The average Bonchev–Trinajstić information content (AvgIpc) is 2.82. The molecule has 1 aliphatic heterocycles. The third-order valence-corrected chi connectivity index (χ3v) is 5.36. The van der Waals surface area contributed by atoms with Gasteiger partial charge in [0.15, 0.2) is 0 Å². The lowest BCUT2D eigenvalue weighted by molar-refractivity contribution is 0.00523. The van der Waals surface area contributed by atoms with E-state index in [9.17, 15) is 0 Å². The summed E-state index contributed by atoms with van der Waals surface area (Å²) in [5, 5.41) is 5.81. The van der Waals surface area contributed by atoms with Gasteiger partial charge in [-0.1, -0.05) is 6.92 Å². The van der Waals surface area contributed by atoms with Gasteiger partial charge in [-0.05, 0) is 66.0 Å². The fourth-order valence-corrected chi connectivity index (χ4v) is 4.15. The molecule has 4 heteroatoms. The molecule has 0 saturated carbocycles. The summed E-state index contributed by atoms with van der Waals surface area (Å²) in [6.45, 7) is 4.23. The molecule has 1 N–H and O–H groups in total. The third-order valence-electron chi connectivity index (χ3n) is 3.37. The number of thiophene rings is 1. The molecule has 2 rings (SSSR count). The largest absolute Gasteiger partial charge is 0.378 e. The first kappa shape index (κ1) is 14.5. The van der Waals surface area contributed by atoms with Gasteiger partial charge in [-0.25, -0.2) is 0 Å². The highest BCUT2D eigenvalue weighted by atomic mass is 79.9. The molecule has 1 saturated heterocycles. The normalized spacial score (nSPS) is 22.0. The molecule has 1 aliphatic rings. The van der Waals surface area contributed by atoms with E-state index in [-0.39, 0.29) is 0 Å². The van der Waals surface area contributed by atoms with Crippen LogP contribution in [0.3, 0.4) is 0 Å². The van der Waals surface area contributed by atoms with Gasteiger partial charge in [0.05, 0.1) is 6.10 Å². The van der Waals surface area contributed by atoms with E-state index in [2.05, 4.69) is 39.6 Å². The van der Waals surface area contributed by atoms with Gasteiger partial charge in [-0.2, -0.15) is 0 Å². The Labute approximate surface area is 122 Å². The van der Waals surface area contributed by atoms with Crippen LogP contribution in [0.4, 0.5) is 0 Å². The molecule has 0 aromatic carbocycles. The van der Waals surface area contributed by atoms with Crippen molar-refractivity contribution in [1.29, 1.82) is 0 Å². The summed E-state index contributed by atoms with van der Waals surface area (Å²) in [4.78, 5) is 1.41. The van der Waals surface area contributed by atoms with Crippen molar-refractivity contribution >= 4 is 27.3 Å². The maximum atomic E-state index is 5.88. The number of hydrogen-bond donors (Lipinski definition) is 1. The van der Waals surface area contributed by atoms with Crippen LogP contribution in [0.5, 0.6) is 0 Å². The van der Waals surface area contributed by atoms with Crippen LogP contribution in [0.2, 0.25) is 0 Å². The molecule has 2 nitrogen and oxygen atoms in total. The van der Waals surface area contributed by atoms with Crippen LogP contribution in [0.1, 0.15) is 49.9 Å². The minimum absolute atomic E-state index is 0.433. The highest BCUT2D eigenvalue weighted by Gasteiger charge is 2.22. The van der Waals surface area contributed by atoms with Gasteiger partial charge in [-0.3, -0.25) is 0 Å². The quantitative estimate of drug-likeness (QED) is 0.827. The molecule has 1 aromatic heterocycles. The number of ether oxygens (including phenoxy) is 1. The van der Waals surface area contributed by atoms with Crippen molar-refractivity contribution in [2.75, 3.05) is 13.2 Å². The summed E-state index contributed by atoms with van der Waals surface area (Å²) in [5.41, 5.74) is 0. The predicted molar refractivity (Wildman–Crippen MR) is 81.3 cm³/mol. The van der Waals surface area contributed by atoms with Crippen molar-refractivity contribution in [3.8, 4) is 0 Å². The smallest absolute Gasteiger partial charge is 0.0593 e. The van der Waals surface area contributed by atoms with E-state index < -0.39 is 0 Å². The van der Waals surface area contributed by atoms with Gasteiger partial charge in [0.1, 0.15) is 0 Å². The summed E-state index contributed by atoms with van der Waals surface area (Å²) in [6, 6.07) is 2.57. The average molecular weight is 332 g/mol. The van der Waals surface area contributed by atoms with Gasteiger partial charge in [0.25, 0.3) is 0 Å². The third kappa shape index (κ3) is 4.05. The van der Waals surface area contributed by atoms with Crippen LogP contribution >= 0.6 is 27.3 Å². The summed E-state index contributed by atoms with van der Waals surface area (Å²) >= 11 is 5.48. The molecule has 2 unspecified atom stereocenters. The molecule has 2 atom stereocenters. The lowest BCUT2D eigenvalue weighted by atomic mass is 10.0. The molecular formula is C14H22BrNOS. The second kappa shape index (κ2) is 7.63. The van der Waals surface area contributed by atoms with Gasteiger partial charge in [0.2, 0.25) is 0 Å². The van der Waals surface area contributed by atoms with Gasteiger partial charge < -0.3 is 10.1 Å². The van der Waals surface area contributed by atoms with Crippen molar-refractivity contribution < 1.29 is 4.74 Å². The Morgan fingerprint density at radius 3 is 3.06 bits per heavy atom. The number of hydrogen-bond acceptors (Lipinski definition) is 3. The number of rotatable bonds is 6. The molecule has 1 aromatic rings. The summed E-state index contributed by atoms with van der Waals surface area (Å²) in [6.07, 6.45) is 6.46. The second-order valence-corrected chi connectivity index (χ2v) is 6.67. The first-order valence-corrected chi connectivity index (χ1v) is 8.56. The molecule has 0 spiro atoms. The minimum atomic E-state index is 0.433. The number of halogens is 1. The van der Waals surface area contributed by atoms with Crippen LogP contribution in [0.25, 0.3) is 0 Å². The Morgan fingerprint density at radius 1 is 1.56 bits per heavy atom. The van der Waals surface area contributed by atoms with E-state index in [4.69, 9.17) is 4.74 Å². The van der Waals surface area contributed by atoms with Crippen molar-refractivity contribution in [1.82, 2.24) is 5.32 Å². The van der Waals surface area contributed by atoms with E-state index in [0.717, 1.165) is 19.6 Å². The first-order valence-electron chi connectivity index (χ1n) is 6.89. The second-order valence-electron chi connectivity index (χ2n) is 4.86. The monoisotopic (exact) mass is 331 g/mol. The standard InChI is InChI=1S/C14H22BrNOS/c1-2-7-16-13(14-12(15)6-9-18-14)10-11-5-3-4-8-17-11/h6,9,11,13,16H,2-5,7-8,10H2,1H3. The molecule has 0 aliphatic carbocycles. The molecule has 1 fully saturated rings. The lowest BCUT2D eigenvalue weighted by Crippen LogP contribution is -2.29. The molecule has 0 bridgehead atoms. The van der Waals surface area contributed by atoms with Crippen LogP contribution in [-0.2, 0) is 4.74 Å². The summed E-state index contributed by atoms with van der Waals surface area (Å²) < 4.78 is 7.11. The Kier molecular flexibility index (Phi) is 6.15. The van der Waals surface area contributed by atoms with E-state index >= 15 is 0 Å². The minimum Gasteiger partial charge on any atom is -0.378 e. The Bertz CT molecular complexity index is 349. The molecule has 0 radical (unpaired) electrons. The highest BCUT2D eigenvalue weighted by Crippen LogP contribution is 2.33. The first-order chi connectivity index (χ1) is 8.81. The topological polar surface area (TPSA) is 21.3 Å². The van der Waals surface area contributed by atoms with Gasteiger partial charge in [0, 0.05) is 22.0 Å². The van der Waals surface area contributed by atoms with Crippen LogP contribution in [0.15, 0.2) is 15.9 Å². The van der Waals surface area contributed by atoms with Crippen LogP contribution < -0.4 is 5.32 Å². The molecular weight excluding hydrogens is 310 g/mol. The fourth-order valence-electron chi connectivity index (χ4n) is 2.41. The molecule has 102 valence electrons. The van der Waals surface area contributed by atoms with E-state index in [1.54, 1.807) is 0 Å². The highest BCUT2D eigenvalue weighted by molar-refractivity contribution is 9.10. The Balaban J connectivity index is 1.98. The summed E-state index contributed by atoms with van der Waals surface area (Å²) in [5.74, 6) is 0. The van der Waals surface area contributed by atoms with Gasteiger partial charge in [-0.15, -0.1) is 11.3 Å². The van der Waals surface area contributed by atoms with Crippen molar-refractivity contribution in [2.45, 2.75) is 51.2 Å². The Hall–Kier alpha value is 0.100. The zero-order valence-electron chi connectivity index (χ0n) is 11.0.